The molecule has 0 spiro atoms. The van der Waals surface area contributed by atoms with Gasteiger partial charge in [-0.25, -0.2) is 13.2 Å². The lowest BCUT2D eigenvalue weighted by Gasteiger charge is -2.35. The van der Waals surface area contributed by atoms with E-state index in [4.69, 9.17) is 10.9 Å². The molecule has 1 heterocycles. The second kappa shape index (κ2) is 13.6. The quantitative estimate of drug-likeness (QED) is 0.139. The Labute approximate surface area is 248 Å². The van der Waals surface area contributed by atoms with Gasteiger partial charge in [0.15, 0.2) is 5.84 Å². The maximum atomic E-state index is 14.3. The molecule has 11 nitrogen and oxygen atoms in total. The van der Waals surface area contributed by atoms with Crippen molar-refractivity contribution in [2.75, 3.05) is 26.2 Å². The molecule has 0 bridgehead atoms. The first-order valence-corrected chi connectivity index (χ1v) is 15.7. The standard InChI is InChI=1S/C30H43N5O6S/c1-18(2)23-16-24(19(3)4)27(25(17-23)20(5)6)42(40,41)33-26(15-21-8-7-9-22(14-21)28(31)32-39)29(36)34-10-12-35(13-11-34)30(37)38/h7-9,14,16-20,26,33,39H,10-13,15H2,1-6H3,(H2,31,32)(H,37,38). The molecule has 0 aromatic heterocycles. The second-order valence-corrected chi connectivity index (χ2v) is 13.3. The van der Waals surface area contributed by atoms with E-state index in [9.17, 15) is 23.1 Å². The molecule has 0 saturated carbocycles. The molecule has 1 atom stereocenters. The van der Waals surface area contributed by atoms with Crippen molar-refractivity contribution in [3.05, 3.63) is 64.2 Å². The van der Waals surface area contributed by atoms with Crippen LogP contribution in [0.2, 0.25) is 0 Å². The third-order valence-electron chi connectivity index (χ3n) is 7.58. The van der Waals surface area contributed by atoms with Gasteiger partial charge in [-0.05, 0) is 52.5 Å². The van der Waals surface area contributed by atoms with Gasteiger partial charge >= 0.3 is 6.09 Å². The molecule has 2 amide bonds. The van der Waals surface area contributed by atoms with Crippen LogP contribution in [0.3, 0.4) is 0 Å². The highest BCUT2D eigenvalue weighted by Crippen LogP contribution is 2.35. The molecular weight excluding hydrogens is 558 g/mol. The Hall–Kier alpha value is -3.64. The van der Waals surface area contributed by atoms with E-state index in [1.165, 1.54) is 9.80 Å². The van der Waals surface area contributed by atoms with Crippen LogP contribution in [0, 0.1) is 0 Å². The van der Waals surface area contributed by atoms with Crippen molar-refractivity contribution in [1.29, 1.82) is 0 Å². The lowest BCUT2D eigenvalue weighted by atomic mass is 9.89. The first kappa shape index (κ1) is 32.9. The number of benzene rings is 2. The number of piperazine rings is 1. The van der Waals surface area contributed by atoms with Crippen molar-refractivity contribution < 1.29 is 28.3 Å². The van der Waals surface area contributed by atoms with Gasteiger partial charge in [0.2, 0.25) is 15.9 Å². The fourth-order valence-electron chi connectivity index (χ4n) is 5.12. The molecule has 0 aliphatic carbocycles. The first-order chi connectivity index (χ1) is 19.7. The molecule has 12 heteroatoms. The Morgan fingerprint density at radius 3 is 1.95 bits per heavy atom. The number of amidine groups is 1. The van der Waals surface area contributed by atoms with Crippen molar-refractivity contribution in [3.8, 4) is 0 Å². The average molecular weight is 602 g/mol. The van der Waals surface area contributed by atoms with Gasteiger partial charge in [0.25, 0.3) is 0 Å². The molecular formula is C30H43N5O6S. The van der Waals surface area contributed by atoms with Crippen LogP contribution in [0.5, 0.6) is 0 Å². The zero-order valence-electron chi connectivity index (χ0n) is 25.2. The van der Waals surface area contributed by atoms with Gasteiger partial charge in [0, 0.05) is 31.7 Å². The van der Waals surface area contributed by atoms with Crippen LogP contribution in [0.1, 0.15) is 87.1 Å². The Morgan fingerprint density at radius 2 is 1.48 bits per heavy atom. The van der Waals surface area contributed by atoms with Crippen molar-refractivity contribution in [1.82, 2.24) is 14.5 Å². The smallest absolute Gasteiger partial charge is 0.407 e. The number of oxime groups is 1. The average Bonchev–Trinajstić information content (AvgIpc) is 2.95. The SMILES string of the molecule is CC(C)c1cc(C(C)C)c(S(=O)(=O)NC(Cc2cccc(/C(N)=N\O)c2)C(=O)N2CCN(C(=O)O)CC2)c(C(C)C)c1. The third kappa shape index (κ3) is 7.60. The number of carbonyl (C=O) groups is 2. The summed E-state index contributed by atoms with van der Waals surface area (Å²) in [6, 6.07) is 9.41. The molecule has 5 N–H and O–H groups in total. The molecule has 1 fully saturated rings. The number of rotatable bonds is 10. The Bertz CT molecular complexity index is 1400. The Morgan fingerprint density at radius 1 is 0.929 bits per heavy atom. The van der Waals surface area contributed by atoms with Gasteiger partial charge in [-0.2, -0.15) is 4.72 Å². The molecule has 2 aromatic carbocycles. The van der Waals surface area contributed by atoms with Crippen LogP contribution in [0.4, 0.5) is 4.79 Å². The van der Waals surface area contributed by atoms with E-state index in [0.29, 0.717) is 22.3 Å². The molecule has 42 heavy (non-hydrogen) atoms. The predicted octanol–water partition coefficient (Wildman–Crippen LogP) is 3.86. The van der Waals surface area contributed by atoms with Crippen LogP contribution < -0.4 is 10.5 Å². The van der Waals surface area contributed by atoms with Crippen LogP contribution in [-0.4, -0.2) is 78.6 Å². The lowest BCUT2D eigenvalue weighted by Crippen LogP contribution is -2.56. The highest BCUT2D eigenvalue weighted by atomic mass is 32.2. The summed E-state index contributed by atoms with van der Waals surface area (Å²) >= 11 is 0. The molecule has 3 rings (SSSR count). The topological polar surface area (TPSA) is 166 Å². The van der Waals surface area contributed by atoms with E-state index in [2.05, 4.69) is 23.7 Å². The zero-order chi connectivity index (χ0) is 31.4. The van der Waals surface area contributed by atoms with Crippen molar-refractivity contribution in [2.24, 2.45) is 10.9 Å². The molecule has 1 saturated heterocycles. The van der Waals surface area contributed by atoms with Gasteiger partial charge in [-0.15, -0.1) is 0 Å². The van der Waals surface area contributed by atoms with Crippen LogP contribution in [0.15, 0.2) is 46.4 Å². The largest absolute Gasteiger partial charge is 0.465 e. The van der Waals surface area contributed by atoms with E-state index in [1.807, 2.05) is 39.8 Å². The summed E-state index contributed by atoms with van der Waals surface area (Å²) in [5, 5.41) is 21.5. The number of sulfonamides is 1. The maximum absolute atomic E-state index is 14.3. The van der Waals surface area contributed by atoms with Crippen LogP contribution >= 0.6 is 0 Å². The monoisotopic (exact) mass is 601 g/mol. The highest BCUT2D eigenvalue weighted by Gasteiger charge is 2.35. The molecule has 0 radical (unpaired) electrons. The van der Waals surface area contributed by atoms with Crippen LogP contribution in [-0.2, 0) is 21.2 Å². The molecule has 2 aromatic rings. The van der Waals surface area contributed by atoms with Crippen molar-refractivity contribution in [3.63, 3.8) is 0 Å². The summed E-state index contributed by atoms with van der Waals surface area (Å²) in [5.74, 6) is -0.551. The van der Waals surface area contributed by atoms with Gasteiger partial charge in [-0.3, -0.25) is 4.79 Å². The number of amides is 2. The predicted molar refractivity (Wildman–Crippen MR) is 162 cm³/mol. The molecule has 230 valence electrons. The second-order valence-electron chi connectivity index (χ2n) is 11.7. The minimum Gasteiger partial charge on any atom is -0.465 e. The number of nitrogens with two attached hydrogens (primary N) is 1. The zero-order valence-corrected chi connectivity index (χ0v) is 26.0. The number of hydrogen-bond donors (Lipinski definition) is 4. The van der Waals surface area contributed by atoms with Gasteiger partial charge < -0.3 is 25.8 Å². The minimum atomic E-state index is -4.20. The van der Waals surface area contributed by atoms with Gasteiger partial charge in [0.05, 0.1) is 4.90 Å². The normalized spacial score (nSPS) is 15.5. The maximum Gasteiger partial charge on any atom is 0.407 e. The highest BCUT2D eigenvalue weighted by molar-refractivity contribution is 7.89. The summed E-state index contributed by atoms with van der Waals surface area (Å²) < 4.78 is 31.3. The summed E-state index contributed by atoms with van der Waals surface area (Å²) in [4.78, 5) is 28.2. The molecule has 1 aliphatic rings. The van der Waals surface area contributed by atoms with Crippen LogP contribution in [0.25, 0.3) is 0 Å². The van der Waals surface area contributed by atoms with Gasteiger partial charge in [-0.1, -0.05) is 77.0 Å². The van der Waals surface area contributed by atoms with Crippen molar-refractivity contribution in [2.45, 2.75) is 76.7 Å². The number of nitrogens with zero attached hydrogens (tertiary/aromatic N) is 3. The number of carbonyl (C=O) groups excluding carboxylic acids is 1. The third-order valence-corrected chi connectivity index (χ3v) is 9.18. The lowest BCUT2D eigenvalue weighted by molar-refractivity contribution is -0.134. The van der Waals surface area contributed by atoms with Gasteiger partial charge in [0.1, 0.15) is 6.04 Å². The Balaban J connectivity index is 2.08. The number of hydrogen-bond acceptors (Lipinski definition) is 6. The first-order valence-electron chi connectivity index (χ1n) is 14.2. The molecule has 1 unspecified atom stereocenters. The van der Waals surface area contributed by atoms with E-state index >= 15 is 0 Å². The summed E-state index contributed by atoms with van der Waals surface area (Å²) in [6.07, 6.45) is -1.06. The van der Waals surface area contributed by atoms with E-state index in [-0.39, 0.29) is 61.1 Å². The van der Waals surface area contributed by atoms with Crippen molar-refractivity contribution >= 4 is 27.9 Å². The fourth-order valence-corrected chi connectivity index (χ4v) is 7.00. The number of carboxylic acid groups (broad SMARTS) is 1. The number of nitrogens with one attached hydrogen (secondary N) is 1. The van der Waals surface area contributed by atoms with E-state index in [1.54, 1.807) is 24.3 Å². The molecule has 1 aliphatic heterocycles. The van der Waals surface area contributed by atoms with E-state index in [0.717, 1.165) is 5.56 Å². The Kier molecular flexibility index (Phi) is 10.6. The fraction of sp³-hybridized carbons (Fsp3) is 0.500. The van der Waals surface area contributed by atoms with E-state index < -0.39 is 28.1 Å². The minimum absolute atomic E-state index is 0.00184. The summed E-state index contributed by atoms with van der Waals surface area (Å²) in [5.41, 5.74) is 9.22. The summed E-state index contributed by atoms with van der Waals surface area (Å²) in [6.45, 7) is 12.5. The summed E-state index contributed by atoms with van der Waals surface area (Å²) in [7, 11) is -4.20.